The molecular formula is C18H29N3O3. The molecule has 0 aliphatic carbocycles. The Labute approximate surface area is 143 Å². The van der Waals surface area contributed by atoms with Gasteiger partial charge in [-0.3, -0.25) is 9.69 Å². The van der Waals surface area contributed by atoms with Gasteiger partial charge in [0.2, 0.25) is 0 Å². The van der Waals surface area contributed by atoms with Gasteiger partial charge in [-0.25, -0.2) is 0 Å². The number of piperidine rings is 1. The second kappa shape index (κ2) is 8.65. The smallest absolute Gasteiger partial charge is 0.287 e. The summed E-state index contributed by atoms with van der Waals surface area (Å²) in [6.07, 6.45) is 4.73. The van der Waals surface area contributed by atoms with Crippen molar-refractivity contribution in [2.24, 2.45) is 5.92 Å². The Morgan fingerprint density at radius 1 is 1.21 bits per heavy atom. The van der Waals surface area contributed by atoms with Crippen LogP contribution in [0.5, 0.6) is 0 Å². The van der Waals surface area contributed by atoms with Crippen molar-refractivity contribution in [2.75, 3.05) is 45.9 Å². The third-order valence-corrected chi connectivity index (χ3v) is 5.04. The number of furan rings is 1. The summed E-state index contributed by atoms with van der Waals surface area (Å²) >= 11 is 0. The molecular weight excluding hydrogens is 306 g/mol. The van der Waals surface area contributed by atoms with Crippen LogP contribution >= 0.6 is 0 Å². The molecule has 2 N–H and O–H groups in total. The van der Waals surface area contributed by atoms with Crippen molar-refractivity contribution in [1.29, 1.82) is 0 Å². The molecule has 2 fully saturated rings. The normalized spacial score (nSPS) is 22.8. The van der Waals surface area contributed by atoms with Crippen molar-refractivity contribution in [2.45, 2.75) is 32.2 Å². The topological polar surface area (TPSA) is 69.0 Å². The first kappa shape index (κ1) is 17.5. The predicted molar refractivity (Wildman–Crippen MR) is 91.8 cm³/mol. The summed E-state index contributed by atoms with van der Waals surface area (Å²) in [7, 11) is 0. The van der Waals surface area contributed by atoms with Crippen LogP contribution < -0.4 is 5.32 Å². The van der Waals surface area contributed by atoms with Gasteiger partial charge in [-0.05, 0) is 63.4 Å². The van der Waals surface area contributed by atoms with Crippen molar-refractivity contribution < 1.29 is 14.3 Å². The van der Waals surface area contributed by atoms with E-state index in [9.17, 15) is 9.90 Å². The first-order valence-corrected chi connectivity index (χ1v) is 9.17. The summed E-state index contributed by atoms with van der Waals surface area (Å²) in [6.45, 7) is 6.70. The number of carbonyl (C=O) groups is 1. The lowest BCUT2D eigenvalue weighted by Gasteiger charge is -2.31. The van der Waals surface area contributed by atoms with Gasteiger partial charge in [-0.1, -0.05) is 0 Å². The summed E-state index contributed by atoms with van der Waals surface area (Å²) in [6, 6.07) is 3.67. The quantitative estimate of drug-likeness (QED) is 0.786. The maximum Gasteiger partial charge on any atom is 0.287 e. The SMILES string of the molecule is O=C(NCCN1CCC[C@H](CO)C1)c1ccc(CN2CCCC2)o1. The highest BCUT2D eigenvalue weighted by atomic mass is 16.4. The third kappa shape index (κ3) is 4.82. The molecule has 2 saturated heterocycles. The zero-order chi connectivity index (χ0) is 16.8. The number of likely N-dealkylation sites (tertiary alicyclic amines) is 2. The molecule has 134 valence electrons. The van der Waals surface area contributed by atoms with Gasteiger partial charge in [-0.2, -0.15) is 0 Å². The summed E-state index contributed by atoms with van der Waals surface area (Å²) < 4.78 is 5.68. The van der Waals surface area contributed by atoms with Crippen LogP contribution in [-0.4, -0.2) is 66.7 Å². The molecule has 1 atom stereocenters. The van der Waals surface area contributed by atoms with E-state index in [1.54, 1.807) is 6.07 Å². The van der Waals surface area contributed by atoms with E-state index in [2.05, 4.69) is 15.1 Å². The van der Waals surface area contributed by atoms with Crippen LogP contribution in [-0.2, 0) is 6.54 Å². The van der Waals surface area contributed by atoms with Gasteiger partial charge < -0.3 is 19.7 Å². The molecule has 6 nitrogen and oxygen atoms in total. The third-order valence-electron chi connectivity index (χ3n) is 5.04. The van der Waals surface area contributed by atoms with E-state index in [-0.39, 0.29) is 12.5 Å². The number of aliphatic hydroxyl groups excluding tert-OH is 1. The monoisotopic (exact) mass is 335 g/mol. The molecule has 2 aliphatic heterocycles. The minimum absolute atomic E-state index is 0.140. The maximum absolute atomic E-state index is 12.2. The fraction of sp³-hybridized carbons (Fsp3) is 0.722. The molecule has 3 heterocycles. The second-order valence-electron chi connectivity index (χ2n) is 7.00. The van der Waals surface area contributed by atoms with Crippen LogP contribution in [0.15, 0.2) is 16.5 Å². The number of amides is 1. The zero-order valence-corrected chi connectivity index (χ0v) is 14.4. The minimum Gasteiger partial charge on any atom is -0.455 e. The molecule has 0 saturated carbocycles. The number of hydrogen-bond donors (Lipinski definition) is 2. The van der Waals surface area contributed by atoms with Crippen LogP contribution in [0.4, 0.5) is 0 Å². The fourth-order valence-electron chi connectivity index (χ4n) is 3.66. The van der Waals surface area contributed by atoms with Crippen molar-refractivity contribution in [3.63, 3.8) is 0 Å². The van der Waals surface area contributed by atoms with E-state index in [0.717, 1.165) is 57.9 Å². The highest BCUT2D eigenvalue weighted by Crippen LogP contribution is 2.16. The van der Waals surface area contributed by atoms with E-state index >= 15 is 0 Å². The van der Waals surface area contributed by atoms with Gasteiger partial charge in [0.15, 0.2) is 5.76 Å². The number of nitrogens with one attached hydrogen (secondary N) is 1. The summed E-state index contributed by atoms with van der Waals surface area (Å²) in [4.78, 5) is 16.8. The largest absolute Gasteiger partial charge is 0.455 e. The molecule has 0 spiro atoms. The summed E-state index contributed by atoms with van der Waals surface area (Å²) in [5.74, 6) is 1.51. The highest BCUT2D eigenvalue weighted by molar-refractivity contribution is 5.91. The molecule has 1 amide bonds. The Morgan fingerprint density at radius 2 is 2.00 bits per heavy atom. The number of nitrogens with zero attached hydrogens (tertiary/aromatic N) is 2. The van der Waals surface area contributed by atoms with Crippen molar-refractivity contribution in [3.05, 3.63) is 23.7 Å². The molecule has 1 aromatic rings. The Morgan fingerprint density at radius 3 is 2.79 bits per heavy atom. The highest BCUT2D eigenvalue weighted by Gasteiger charge is 2.19. The van der Waals surface area contributed by atoms with Crippen LogP contribution in [0.2, 0.25) is 0 Å². The van der Waals surface area contributed by atoms with Gasteiger partial charge in [0.25, 0.3) is 5.91 Å². The Balaban J connectivity index is 1.39. The molecule has 0 unspecified atom stereocenters. The Bertz CT molecular complexity index is 525. The maximum atomic E-state index is 12.2. The van der Waals surface area contributed by atoms with Gasteiger partial charge in [0, 0.05) is 26.2 Å². The fourth-order valence-corrected chi connectivity index (χ4v) is 3.66. The molecule has 1 aromatic heterocycles. The van der Waals surface area contributed by atoms with Crippen molar-refractivity contribution >= 4 is 5.91 Å². The second-order valence-corrected chi connectivity index (χ2v) is 7.00. The number of hydrogen-bond acceptors (Lipinski definition) is 5. The first-order valence-electron chi connectivity index (χ1n) is 9.17. The molecule has 0 radical (unpaired) electrons. The van der Waals surface area contributed by atoms with Gasteiger partial charge in [0.05, 0.1) is 6.54 Å². The Kier molecular flexibility index (Phi) is 6.29. The molecule has 24 heavy (non-hydrogen) atoms. The van der Waals surface area contributed by atoms with E-state index in [0.29, 0.717) is 18.2 Å². The first-order chi connectivity index (χ1) is 11.7. The van der Waals surface area contributed by atoms with Crippen LogP contribution in [0.1, 0.15) is 42.0 Å². The van der Waals surface area contributed by atoms with Crippen LogP contribution in [0.25, 0.3) is 0 Å². The zero-order valence-electron chi connectivity index (χ0n) is 14.4. The van der Waals surface area contributed by atoms with E-state index in [1.165, 1.54) is 12.8 Å². The van der Waals surface area contributed by atoms with Gasteiger partial charge >= 0.3 is 0 Å². The van der Waals surface area contributed by atoms with Crippen LogP contribution in [0, 0.1) is 5.92 Å². The van der Waals surface area contributed by atoms with E-state index in [4.69, 9.17) is 4.42 Å². The molecule has 2 aliphatic rings. The van der Waals surface area contributed by atoms with E-state index < -0.39 is 0 Å². The number of carbonyl (C=O) groups excluding carboxylic acids is 1. The van der Waals surface area contributed by atoms with Crippen LogP contribution in [0.3, 0.4) is 0 Å². The molecule has 3 rings (SSSR count). The minimum atomic E-state index is -0.140. The average Bonchev–Trinajstić information content (AvgIpc) is 3.27. The summed E-state index contributed by atoms with van der Waals surface area (Å²) in [5, 5.41) is 12.2. The molecule has 0 aromatic carbocycles. The van der Waals surface area contributed by atoms with Gasteiger partial charge in [0.1, 0.15) is 5.76 Å². The predicted octanol–water partition coefficient (Wildman–Crippen LogP) is 1.31. The van der Waals surface area contributed by atoms with E-state index in [1.807, 2.05) is 6.07 Å². The van der Waals surface area contributed by atoms with Crippen molar-refractivity contribution in [3.8, 4) is 0 Å². The standard InChI is InChI=1S/C18H29N3O3/c22-14-15-4-3-10-21(12-15)11-7-19-18(23)17-6-5-16(24-17)13-20-8-1-2-9-20/h5-6,15,22H,1-4,7-14H2,(H,19,23)/t15-/m0/s1. The van der Waals surface area contributed by atoms with Gasteiger partial charge in [-0.15, -0.1) is 0 Å². The molecule has 6 heteroatoms. The lowest BCUT2D eigenvalue weighted by molar-refractivity contribution is 0.0901. The number of rotatable bonds is 7. The lowest BCUT2D eigenvalue weighted by Crippen LogP contribution is -2.41. The lowest BCUT2D eigenvalue weighted by atomic mass is 9.99. The Hall–Kier alpha value is -1.37. The molecule has 0 bridgehead atoms. The number of aliphatic hydroxyl groups is 1. The summed E-state index contributed by atoms with van der Waals surface area (Å²) in [5.41, 5.74) is 0. The van der Waals surface area contributed by atoms with Crippen molar-refractivity contribution in [1.82, 2.24) is 15.1 Å². The average molecular weight is 335 g/mol.